The summed E-state index contributed by atoms with van der Waals surface area (Å²) in [4.78, 5) is 11.8. The predicted molar refractivity (Wildman–Crippen MR) is 79.1 cm³/mol. The minimum atomic E-state index is -0.860. The lowest BCUT2D eigenvalue weighted by Crippen LogP contribution is -2.14. The van der Waals surface area contributed by atoms with E-state index in [0.717, 1.165) is 21.2 Å². The monoisotopic (exact) mass is 332 g/mol. The van der Waals surface area contributed by atoms with Gasteiger partial charge in [-0.15, -0.1) is 0 Å². The number of ether oxygens (including phenoxy) is 1. The van der Waals surface area contributed by atoms with Gasteiger partial charge in [-0.1, -0.05) is 30.3 Å². The van der Waals surface area contributed by atoms with Crippen molar-refractivity contribution in [3.8, 4) is 5.75 Å². The molecule has 2 aromatic rings. The van der Waals surface area contributed by atoms with E-state index in [-0.39, 0.29) is 0 Å². The molecule has 2 aromatic carbocycles. The summed E-state index contributed by atoms with van der Waals surface area (Å²) < 4.78 is 6.63. The molecule has 0 unspecified atom stereocenters. The summed E-state index contributed by atoms with van der Waals surface area (Å²) in [5.74, 6) is -0.930. The Morgan fingerprint density at radius 2 is 2.05 bits per heavy atom. The second-order valence-corrected chi connectivity index (χ2v) is 5.78. The molecule has 0 amide bonds. The van der Waals surface area contributed by atoms with E-state index in [9.17, 15) is 9.90 Å². The number of benzene rings is 2. The van der Waals surface area contributed by atoms with Crippen LogP contribution in [0.5, 0.6) is 5.75 Å². The van der Waals surface area contributed by atoms with Crippen molar-refractivity contribution in [2.45, 2.75) is 19.4 Å². The first-order valence-corrected chi connectivity index (χ1v) is 7.10. The third-order valence-electron chi connectivity index (χ3n) is 3.51. The number of carboxylic acid groups (broad SMARTS) is 1. The topological polar surface area (TPSA) is 46.5 Å². The summed E-state index contributed by atoms with van der Waals surface area (Å²) in [6.07, 6.45) is 0. The van der Waals surface area contributed by atoms with Crippen LogP contribution in [-0.2, 0) is 11.4 Å². The molecular weight excluding hydrogens is 320 g/mol. The predicted octanol–water partition coefficient (Wildman–Crippen LogP) is 3.87. The number of carbonyl (C=O) groups is 1. The summed E-state index contributed by atoms with van der Waals surface area (Å²) in [5, 5.41) is 9.67. The molecule has 0 bridgehead atoms. The van der Waals surface area contributed by atoms with Crippen molar-refractivity contribution in [2.75, 3.05) is 0 Å². The lowest BCUT2D eigenvalue weighted by atomic mass is 9.88. The molecule has 3 rings (SSSR count). The van der Waals surface area contributed by atoms with Gasteiger partial charge in [-0.2, -0.15) is 0 Å². The Morgan fingerprint density at radius 3 is 2.80 bits per heavy atom. The third kappa shape index (κ3) is 2.10. The average Bonchev–Trinajstić information content (AvgIpc) is 2.54. The zero-order chi connectivity index (χ0) is 14.3. The number of aryl methyl sites for hydroxylation is 1. The van der Waals surface area contributed by atoms with Gasteiger partial charge in [0.25, 0.3) is 0 Å². The first kappa shape index (κ1) is 13.2. The van der Waals surface area contributed by atoms with E-state index in [2.05, 4.69) is 15.9 Å². The van der Waals surface area contributed by atoms with Gasteiger partial charge in [-0.05, 0) is 45.6 Å². The van der Waals surface area contributed by atoms with Crippen molar-refractivity contribution >= 4 is 21.9 Å². The van der Waals surface area contributed by atoms with Gasteiger partial charge in [-0.25, -0.2) is 0 Å². The Bertz CT molecular complexity index is 694. The fraction of sp³-hybridized carbons (Fsp3) is 0.188. The largest absolute Gasteiger partial charge is 0.487 e. The highest BCUT2D eigenvalue weighted by molar-refractivity contribution is 9.10. The van der Waals surface area contributed by atoms with Gasteiger partial charge >= 0.3 is 5.97 Å². The molecule has 20 heavy (non-hydrogen) atoms. The van der Waals surface area contributed by atoms with E-state index >= 15 is 0 Å². The number of rotatable bonds is 1. The van der Waals surface area contributed by atoms with E-state index in [1.54, 1.807) is 0 Å². The fourth-order valence-corrected chi connectivity index (χ4v) is 3.36. The van der Waals surface area contributed by atoms with Crippen LogP contribution in [0.2, 0.25) is 0 Å². The molecule has 0 saturated carbocycles. The molecule has 0 fully saturated rings. The van der Waals surface area contributed by atoms with E-state index < -0.39 is 11.9 Å². The minimum absolute atomic E-state index is 0.384. The molecule has 1 aliphatic rings. The summed E-state index contributed by atoms with van der Waals surface area (Å²) in [7, 11) is 0. The minimum Gasteiger partial charge on any atom is -0.487 e. The normalized spacial score (nSPS) is 16.6. The van der Waals surface area contributed by atoms with Crippen LogP contribution >= 0.6 is 15.9 Å². The van der Waals surface area contributed by atoms with Crippen molar-refractivity contribution in [3.63, 3.8) is 0 Å². The van der Waals surface area contributed by atoms with Gasteiger partial charge in [-0.3, -0.25) is 4.79 Å². The molecule has 3 nitrogen and oxygen atoms in total. The number of carboxylic acids is 1. The molecule has 0 aromatic heterocycles. The van der Waals surface area contributed by atoms with Crippen molar-refractivity contribution in [1.29, 1.82) is 0 Å². The number of aliphatic carboxylic acids is 1. The molecule has 0 spiro atoms. The van der Waals surface area contributed by atoms with Crippen LogP contribution in [-0.4, -0.2) is 11.1 Å². The quantitative estimate of drug-likeness (QED) is 0.862. The van der Waals surface area contributed by atoms with Crippen molar-refractivity contribution in [3.05, 3.63) is 63.1 Å². The Morgan fingerprint density at radius 1 is 1.30 bits per heavy atom. The molecule has 0 saturated heterocycles. The van der Waals surface area contributed by atoms with Crippen LogP contribution in [0.4, 0.5) is 0 Å². The average molecular weight is 333 g/mol. The standard InChI is InChI=1S/C16H13BrO3/c1-9-6-12-14(16(18)19)11-5-3-2-4-10(11)8-20-15(12)13(17)7-9/h2-7,14H,8H2,1H3,(H,18,19)/t14-/m1/s1. The highest BCUT2D eigenvalue weighted by Gasteiger charge is 2.31. The van der Waals surface area contributed by atoms with Gasteiger partial charge in [0.2, 0.25) is 0 Å². The van der Waals surface area contributed by atoms with Gasteiger partial charge in [0.05, 0.1) is 4.47 Å². The van der Waals surface area contributed by atoms with Crippen LogP contribution < -0.4 is 4.74 Å². The van der Waals surface area contributed by atoms with E-state index in [0.29, 0.717) is 17.9 Å². The van der Waals surface area contributed by atoms with E-state index in [1.165, 1.54) is 0 Å². The van der Waals surface area contributed by atoms with E-state index in [1.807, 2.05) is 43.3 Å². The molecule has 1 aliphatic heterocycles. The van der Waals surface area contributed by atoms with E-state index in [4.69, 9.17) is 4.74 Å². The first-order chi connectivity index (χ1) is 9.58. The summed E-state index contributed by atoms with van der Waals surface area (Å²) >= 11 is 3.47. The summed E-state index contributed by atoms with van der Waals surface area (Å²) in [6, 6.07) is 11.4. The maximum Gasteiger partial charge on any atom is 0.315 e. The Hall–Kier alpha value is -1.81. The highest BCUT2D eigenvalue weighted by Crippen LogP contribution is 2.42. The molecule has 102 valence electrons. The van der Waals surface area contributed by atoms with Crippen LogP contribution in [0.1, 0.15) is 28.2 Å². The Kier molecular flexibility index (Phi) is 3.26. The van der Waals surface area contributed by atoms with Gasteiger partial charge in [0.1, 0.15) is 18.3 Å². The van der Waals surface area contributed by atoms with Crippen LogP contribution in [0.25, 0.3) is 0 Å². The van der Waals surface area contributed by atoms with Gasteiger partial charge in [0.15, 0.2) is 0 Å². The smallest absolute Gasteiger partial charge is 0.315 e. The number of fused-ring (bicyclic) bond motifs is 2. The lowest BCUT2D eigenvalue weighted by molar-refractivity contribution is -0.137. The van der Waals surface area contributed by atoms with Gasteiger partial charge in [0, 0.05) is 5.56 Å². The number of halogens is 1. The van der Waals surface area contributed by atoms with Crippen LogP contribution in [0, 0.1) is 6.92 Å². The molecule has 0 aliphatic carbocycles. The first-order valence-electron chi connectivity index (χ1n) is 6.31. The Balaban J connectivity index is 2.29. The van der Waals surface area contributed by atoms with Gasteiger partial charge < -0.3 is 9.84 Å². The van der Waals surface area contributed by atoms with Crippen molar-refractivity contribution in [1.82, 2.24) is 0 Å². The fourth-order valence-electron chi connectivity index (χ4n) is 2.65. The zero-order valence-corrected chi connectivity index (χ0v) is 12.5. The molecule has 1 heterocycles. The molecule has 1 atom stereocenters. The van der Waals surface area contributed by atoms with Crippen LogP contribution in [0.15, 0.2) is 40.9 Å². The van der Waals surface area contributed by atoms with Crippen molar-refractivity contribution in [2.24, 2.45) is 0 Å². The van der Waals surface area contributed by atoms with Crippen LogP contribution in [0.3, 0.4) is 0 Å². The number of hydrogen-bond acceptors (Lipinski definition) is 2. The lowest BCUT2D eigenvalue weighted by Gasteiger charge is -2.16. The highest BCUT2D eigenvalue weighted by atomic mass is 79.9. The second kappa shape index (κ2) is 4.94. The molecule has 0 radical (unpaired) electrons. The molecule has 4 heteroatoms. The maximum absolute atomic E-state index is 11.8. The summed E-state index contributed by atoms with van der Waals surface area (Å²) in [6.45, 7) is 2.33. The zero-order valence-electron chi connectivity index (χ0n) is 10.9. The Labute approximate surface area is 125 Å². The second-order valence-electron chi connectivity index (χ2n) is 4.92. The molecule has 1 N–H and O–H groups in total. The molecular formula is C16H13BrO3. The maximum atomic E-state index is 11.8. The third-order valence-corrected chi connectivity index (χ3v) is 4.10. The number of hydrogen-bond donors (Lipinski definition) is 1. The SMILES string of the molecule is Cc1cc(Br)c2c(c1)[C@H](C(=O)O)c1ccccc1CO2. The summed E-state index contributed by atoms with van der Waals surface area (Å²) in [5.41, 5.74) is 3.43. The van der Waals surface area contributed by atoms with Crippen molar-refractivity contribution < 1.29 is 14.6 Å².